The van der Waals surface area contributed by atoms with Crippen LogP contribution in [-0.4, -0.2) is 44.7 Å². The van der Waals surface area contributed by atoms with E-state index in [1.807, 2.05) is 4.68 Å². The van der Waals surface area contributed by atoms with Crippen LogP contribution in [0.3, 0.4) is 0 Å². The summed E-state index contributed by atoms with van der Waals surface area (Å²) in [5.74, 6) is 1.74. The lowest BCUT2D eigenvalue weighted by Gasteiger charge is -2.30. The van der Waals surface area contributed by atoms with Crippen LogP contribution in [-0.2, 0) is 6.54 Å². The van der Waals surface area contributed by atoms with Gasteiger partial charge in [-0.15, -0.1) is 17.5 Å². The summed E-state index contributed by atoms with van der Waals surface area (Å²) in [6, 6.07) is 0.571. The maximum atomic E-state index is 5.70. The molecule has 0 bridgehead atoms. The molecule has 2 aliphatic rings. The number of rotatable bonds is 4. The van der Waals surface area contributed by atoms with Gasteiger partial charge in [-0.3, -0.25) is 4.90 Å². The Labute approximate surface area is 113 Å². The molecule has 6 nitrogen and oxygen atoms in total. The number of nitrogens with zero attached hydrogens (tertiary/aromatic N) is 5. The third kappa shape index (κ3) is 2.99. The van der Waals surface area contributed by atoms with Crippen LogP contribution in [0.2, 0.25) is 0 Å². The molecule has 0 spiro atoms. The fraction of sp³-hybridized carbons (Fsp3) is 0.909. The number of likely N-dealkylation sites (tertiary alicyclic amines) is 1. The van der Waals surface area contributed by atoms with E-state index in [2.05, 4.69) is 20.4 Å². The molecule has 0 aromatic carbocycles. The Hall–Kier alpha value is -0.720. The summed E-state index contributed by atoms with van der Waals surface area (Å²) in [5.41, 5.74) is 5.70. The molecule has 1 aliphatic carbocycles. The molecule has 0 unspecified atom stereocenters. The Morgan fingerprint density at radius 3 is 2.50 bits per heavy atom. The molecule has 2 heterocycles. The van der Waals surface area contributed by atoms with Gasteiger partial charge in [-0.1, -0.05) is 0 Å². The van der Waals surface area contributed by atoms with Gasteiger partial charge in [-0.25, -0.2) is 4.68 Å². The van der Waals surface area contributed by atoms with Crippen LogP contribution in [0.4, 0.5) is 0 Å². The number of hydrogen-bond acceptors (Lipinski definition) is 5. The highest BCUT2D eigenvalue weighted by Crippen LogP contribution is 2.34. The lowest BCUT2D eigenvalue weighted by Crippen LogP contribution is -2.36. The van der Waals surface area contributed by atoms with E-state index in [9.17, 15) is 0 Å². The van der Waals surface area contributed by atoms with E-state index < -0.39 is 0 Å². The predicted molar refractivity (Wildman–Crippen MR) is 70.4 cm³/mol. The maximum absolute atomic E-state index is 5.70. The first kappa shape index (κ1) is 13.7. The SMILES string of the molecule is Cl.NCC1CCN(Cc2nnnn2C2CC2)CC1. The molecule has 2 N–H and O–H groups in total. The normalized spacial score (nSPS) is 21.8. The van der Waals surface area contributed by atoms with Gasteiger partial charge in [0.25, 0.3) is 0 Å². The summed E-state index contributed by atoms with van der Waals surface area (Å²) in [6.45, 7) is 3.97. The summed E-state index contributed by atoms with van der Waals surface area (Å²) >= 11 is 0. The molecule has 3 rings (SSSR count). The van der Waals surface area contributed by atoms with Crippen molar-refractivity contribution < 1.29 is 0 Å². The molecule has 1 aliphatic heterocycles. The topological polar surface area (TPSA) is 72.9 Å². The molecule has 1 saturated heterocycles. The number of tetrazole rings is 1. The van der Waals surface area contributed by atoms with Crippen molar-refractivity contribution in [3.05, 3.63) is 5.82 Å². The first-order chi connectivity index (χ1) is 8.36. The van der Waals surface area contributed by atoms with E-state index in [1.54, 1.807) is 0 Å². The number of hydrogen-bond donors (Lipinski definition) is 1. The minimum Gasteiger partial charge on any atom is -0.330 e. The first-order valence-corrected chi connectivity index (χ1v) is 6.56. The second-order valence-electron chi connectivity index (χ2n) is 5.23. The zero-order valence-electron chi connectivity index (χ0n) is 10.5. The molecule has 7 heteroatoms. The largest absolute Gasteiger partial charge is 0.330 e. The summed E-state index contributed by atoms with van der Waals surface area (Å²) in [7, 11) is 0. The number of halogens is 1. The Kier molecular flexibility index (Phi) is 4.53. The van der Waals surface area contributed by atoms with Crippen molar-refractivity contribution in [3.8, 4) is 0 Å². The highest BCUT2D eigenvalue weighted by atomic mass is 35.5. The van der Waals surface area contributed by atoms with Gasteiger partial charge in [0, 0.05) is 0 Å². The van der Waals surface area contributed by atoms with Crippen LogP contribution in [0.1, 0.15) is 37.5 Å². The van der Waals surface area contributed by atoms with Crippen LogP contribution in [0, 0.1) is 5.92 Å². The zero-order valence-corrected chi connectivity index (χ0v) is 11.3. The molecule has 0 radical (unpaired) electrons. The van der Waals surface area contributed by atoms with E-state index in [-0.39, 0.29) is 12.4 Å². The van der Waals surface area contributed by atoms with E-state index in [0.29, 0.717) is 12.0 Å². The van der Waals surface area contributed by atoms with Gasteiger partial charge in [-0.05, 0) is 61.7 Å². The van der Waals surface area contributed by atoms with Gasteiger partial charge in [-0.2, -0.15) is 0 Å². The van der Waals surface area contributed by atoms with E-state index in [0.717, 1.165) is 32.0 Å². The Morgan fingerprint density at radius 1 is 1.17 bits per heavy atom. The van der Waals surface area contributed by atoms with Gasteiger partial charge >= 0.3 is 0 Å². The summed E-state index contributed by atoms with van der Waals surface area (Å²) in [5, 5.41) is 12.0. The lowest BCUT2D eigenvalue weighted by atomic mass is 9.97. The van der Waals surface area contributed by atoms with E-state index >= 15 is 0 Å². The highest BCUT2D eigenvalue weighted by molar-refractivity contribution is 5.85. The standard InChI is InChI=1S/C11H20N6.ClH/c12-7-9-3-5-16(6-4-9)8-11-13-14-15-17(11)10-1-2-10;/h9-10H,1-8,12H2;1H. The van der Waals surface area contributed by atoms with Crippen molar-refractivity contribution in [1.29, 1.82) is 0 Å². The smallest absolute Gasteiger partial charge is 0.165 e. The van der Waals surface area contributed by atoms with Crippen molar-refractivity contribution in [2.75, 3.05) is 19.6 Å². The maximum Gasteiger partial charge on any atom is 0.165 e. The van der Waals surface area contributed by atoms with Crippen LogP contribution in [0.25, 0.3) is 0 Å². The second-order valence-corrected chi connectivity index (χ2v) is 5.23. The van der Waals surface area contributed by atoms with Crippen molar-refractivity contribution >= 4 is 12.4 Å². The first-order valence-electron chi connectivity index (χ1n) is 6.56. The predicted octanol–water partition coefficient (Wildman–Crippen LogP) is 0.600. The van der Waals surface area contributed by atoms with Gasteiger partial charge < -0.3 is 5.73 Å². The van der Waals surface area contributed by atoms with E-state index in [1.165, 1.54) is 25.7 Å². The second kappa shape index (κ2) is 5.95. The van der Waals surface area contributed by atoms with Gasteiger partial charge in [0.1, 0.15) is 0 Å². The fourth-order valence-corrected chi connectivity index (χ4v) is 2.50. The monoisotopic (exact) mass is 272 g/mol. The van der Waals surface area contributed by atoms with Crippen molar-refractivity contribution in [2.45, 2.75) is 38.3 Å². The quantitative estimate of drug-likeness (QED) is 0.869. The van der Waals surface area contributed by atoms with Gasteiger partial charge in [0.2, 0.25) is 0 Å². The van der Waals surface area contributed by atoms with Crippen molar-refractivity contribution in [3.63, 3.8) is 0 Å². The molecule has 102 valence electrons. The number of aromatic nitrogens is 4. The Balaban J connectivity index is 0.00000120. The molecule has 1 saturated carbocycles. The molecule has 18 heavy (non-hydrogen) atoms. The lowest BCUT2D eigenvalue weighted by molar-refractivity contribution is 0.174. The minimum atomic E-state index is 0. The summed E-state index contributed by atoms with van der Waals surface area (Å²) in [6.07, 6.45) is 4.88. The average Bonchev–Trinajstić information content (AvgIpc) is 3.11. The van der Waals surface area contributed by atoms with Gasteiger partial charge in [0.15, 0.2) is 5.82 Å². The molecule has 0 atom stereocenters. The summed E-state index contributed by atoms with van der Waals surface area (Å²) < 4.78 is 2.01. The molecule has 1 aromatic heterocycles. The third-order valence-corrected chi connectivity index (χ3v) is 3.86. The third-order valence-electron chi connectivity index (χ3n) is 3.86. The Morgan fingerprint density at radius 2 is 1.89 bits per heavy atom. The molecule has 1 aromatic rings. The number of piperidine rings is 1. The van der Waals surface area contributed by atoms with Gasteiger partial charge in [0.05, 0.1) is 12.6 Å². The molecule has 0 amide bonds. The minimum absolute atomic E-state index is 0. The molecular weight excluding hydrogens is 252 g/mol. The zero-order chi connectivity index (χ0) is 11.7. The van der Waals surface area contributed by atoms with Crippen LogP contribution >= 0.6 is 12.4 Å². The molecular formula is C11H21ClN6. The van der Waals surface area contributed by atoms with E-state index in [4.69, 9.17) is 5.73 Å². The van der Waals surface area contributed by atoms with Crippen LogP contribution < -0.4 is 5.73 Å². The number of nitrogens with two attached hydrogens (primary N) is 1. The fourth-order valence-electron chi connectivity index (χ4n) is 2.50. The molecule has 2 fully saturated rings. The van der Waals surface area contributed by atoms with Crippen LogP contribution in [0.15, 0.2) is 0 Å². The highest BCUT2D eigenvalue weighted by Gasteiger charge is 2.28. The van der Waals surface area contributed by atoms with Crippen LogP contribution in [0.5, 0.6) is 0 Å². The summed E-state index contributed by atoms with van der Waals surface area (Å²) in [4.78, 5) is 2.44. The van der Waals surface area contributed by atoms with Crippen molar-refractivity contribution in [2.24, 2.45) is 11.7 Å². The average molecular weight is 273 g/mol. The van der Waals surface area contributed by atoms with Crippen molar-refractivity contribution in [1.82, 2.24) is 25.1 Å². The Bertz CT molecular complexity index is 369.